The second-order valence-corrected chi connectivity index (χ2v) is 3.33. The zero-order valence-corrected chi connectivity index (χ0v) is 7.98. The molecule has 0 aliphatic rings. The van der Waals surface area contributed by atoms with E-state index in [9.17, 15) is 14.9 Å². The van der Waals surface area contributed by atoms with E-state index in [1.165, 1.54) is 6.07 Å². The summed E-state index contributed by atoms with van der Waals surface area (Å²) in [7, 11) is 0. The molecule has 0 bridgehead atoms. The fraction of sp³-hybridized carbons (Fsp3) is 0.100. The molecule has 0 atom stereocenters. The molecule has 1 aromatic carbocycles. The van der Waals surface area contributed by atoms with E-state index in [0.29, 0.717) is 10.9 Å². The van der Waals surface area contributed by atoms with Crippen molar-refractivity contribution in [2.24, 2.45) is 0 Å². The maximum Gasteiger partial charge on any atom is 0.334 e. The van der Waals surface area contributed by atoms with Gasteiger partial charge in [0.1, 0.15) is 0 Å². The molecule has 0 unspecified atom stereocenters. The van der Waals surface area contributed by atoms with Gasteiger partial charge in [-0.05, 0) is 19.1 Å². The zero-order valence-electron chi connectivity index (χ0n) is 7.98. The number of aromatic amines is 1. The van der Waals surface area contributed by atoms with E-state index in [0.717, 1.165) is 5.56 Å². The number of nitro groups is 1. The van der Waals surface area contributed by atoms with E-state index in [4.69, 9.17) is 0 Å². The van der Waals surface area contributed by atoms with Crippen LogP contribution in [0.25, 0.3) is 10.9 Å². The van der Waals surface area contributed by atoms with E-state index in [1.54, 1.807) is 12.1 Å². The minimum atomic E-state index is -0.680. The second-order valence-electron chi connectivity index (χ2n) is 3.33. The van der Waals surface area contributed by atoms with Gasteiger partial charge in [0.05, 0.1) is 4.92 Å². The summed E-state index contributed by atoms with van der Waals surface area (Å²) in [5.74, 6) is 0. The van der Waals surface area contributed by atoms with Gasteiger partial charge in [-0.25, -0.2) is 0 Å². The summed E-state index contributed by atoms with van der Waals surface area (Å²) >= 11 is 0. The summed E-state index contributed by atoms with van der Waals surface area (Å²) in [5.41, 5.74) is 0.504. The second kappa shape index (κ2) is 3.20. The SMILES string of the molecule is Cc1ccc2[nH]c(=O)c([N+](=O)[O-])cc2c1. The van der Waals surface area contributed by atoms with Crippen LogP contribution in [0.15, 0.2) is 29.1 Å². The van der Waals surface area contributed by atoms with Gasteiger partial charge in [-0.1, -0.05) is 11.6 Å². The molecular weight excluding hydrogens is 196 g/mol. The first kappa shape index (κ1) is 9.39. The minimum Gasteiger partial charge on any atom is -0.316 e. The Morgan fingerprint density at radius 1 is 1.33 bits per heavy atom. The highest BCUT2D eigenvalue weighted by Gasteiger charge is 2.12. The first-order valence-electron chi connectivity index (χ1n) is 4.36. The molecule has 15 heavy (non-hydrogen) atoms. The van der Waals surface area contributed by atoms with Crippen molar-refractivity contribution < 1.29 is 4.92 Å². The number of pyridine rings is 1. The summed E-state index contributed by atoms with van der Waals surface area (Å²) in [6.07, 6.45) is 0. The number of hydrogen-bond acceptors (Lipinski definition) is 3. The third kappa shape index (κ3) is 1.59. The van der Waals surface area contributed by atoms with Gasteiger partial charge in [-0.2, -0.15) is 0 Å². The van der Waals surface area contributed by atoms with Crippen molar-refractivity contribution in [3.63, 3.8) is 0 Å². The minimum absolute atomic E-state index is 0.423. The lowest BCUT2D eigenvalue weighted by atomic mass is 10.1. The molecule has 0 amide bonds. The molecule has 1 N–H and O–H groups in total. The number of aryl methyl sites for hydroxylation is 1. The van der Waals surface area contributed by atoms with Crippen LogP contribution in [0.1, 0.15) is 5.56 Å². The van der Waals surface area contributed by atoms with Gasteiger partial charge < -0.3 is 4.98 Å². The molecule has 2 rings (SSSR count). The summed E-state index contributed by atoms with van der Waals surface area (Å²) in [6, 6.07) is 6.65. The molecule has 5 heteroatoms. The van der Waals surface area contributed by atoms with Gasteiger partial charge in [-0.15, -0.1) is 0 Å². The molecule has 0 aliphatic heterocycles. The van der Waals surface area contributed by atoms with E-state index >= 15 is 0 Å². The van der Waals surface area contributed by atoms with Crippen LogP contribution in [0.2, 0.25) is 0 Å². The number of benzene rings is 1. The Labute approximate surface area is 84.5 Å². The van der Waals surface area contributed by atoms with E-state index in [2.05, 4.69) is 4.98 Å². The van der Waals surface area contributed by atoms with Crippen LogP contribution in [-0.4, -0.2) is 9.91 Å². The Morgan fingerprint density at radius 2 is 2.07 bits per heavy atom. The summed E-state index contributed by atoms with van der Waals surface area (Å²) in [6.45, 7) is 1.89. The van der Waals surface area contributed by atoms with Gasteiger partial charge in [0.2, 0.25) is 0 Å². The molecule has 1 heterocycles. The highest BCUT2D eigenvalue weighted by molar-refractivity contribution is 5.80. The van der Waals surface area contributed by atoms with Gasteiger partial charge >= 0.3 is 11.2 Å². The first-order chi connectivity index (χ1) is 7.08. The number of rotatable bonds is 1. The van der Waals surface area contributed by atoms with Crippen molar-refractivity contribution in [1.29, 1.82) is 0 Å². The predicted molar refractivity (Wildman–Crippen MR) is 56.0 cm³/mol. The normalized spacial score (nSPS) is 10.5. The highest BCUT2D eigenvalue weighted by atomic mass is 16.6. The average molecular weight is 204 g/mol. The lowest BCUT2D eigenvalue weighted by molar-refractivity contribution is -0.386. The smallest absolute Gasteiger partial charge is 0.316 e. The van der Waals surface area contributed by atoms with Crippen LogP contribution in [-0.2, 0) is 0 Å². The molecule has 0 fully saturated rings. The van der Waals surface area contributed by atoms with Crippen molar-refractivity contribution in [3.05, 3.63) is 50.3 Å². The zero-order chi connectivity index (χ0) is 11.0. The fourth-order valence-corrected chi connectivity index (χ4v) is 1.45. The van der Waals surface area contributed by atoms with Crippen molar-refractivity contribution in [2.75, 3.05) is 0 Å². The van der Waals surface area contributed by atoms with Crippen LogP contribution in [0.3, 0.4) is 0 Å². The Morgan fingerprint density at radius 3 is 2.73 bits per heavy atom. The molecule has 5 nitrogen and oxygen atoms in total. The third-order valence-corrected chi connectivity index (χ3v) is 2.18. The number of nitrogens with zero attached hydrogens (tertiary/aromatic N) is 1. The molecule has 76 valence electrons. The number of fused-ring (bicyclic) bond motifs is 1. The molecular formula is C10H8N2O3. The third-order valence-electron chi connectivity index (χ3n) is 2.18. The average Bonchev–Trinajstić information content (AvgIpc) is 2.17. The molecule has 0 saturated heterocycles. The van der Waals surface area contributed by atoms with Crippen molar-refractivity contribution >= 4 is 16.6 Å². The van der Waals surface area contributed by atoms with Crippen LogP contribution in [0.4, 0.5) is 5.69 Å². The Balaban J connectivity index is 2.83. The molecule has 2 aromatic rings. The van der Waals surface area contributed by atoms with Crippen LogP contribution < -0.4 is 5.56 Å². The summed E-state index contributed by atoms with van der Waals surface area (Å²) < 4.78 is 0. The topological polar surface area (TPSA) is 76.0 Å². The molecule has 1 aromatic heterocycles. The number of H-pyrrole nitrogens is 1. The Hall–Kier alpha value is -2.17. The highest BCUT2D eigenvalue weighted by Crippen LogP contribution is 2.15. The fourth-order valence-electron chi connectivity index (χ4n) is 1.45. The van der Waals surface area contributed by atoms with E-state index < -0.39 is 16.2 Å². The maximum atomic E-state index is 11.3. The largest absolute Gasteiger partial charge is 0.334 e. The van der Waals surface area contributed by atoms with Gasteiger partial charge in [0, 0.05) is 17.0 Å². The molecule has 0 saturated carbocycles. The monoisotopic (exact) mass is 204 g/mol. The van der Waals surface area contributed by atoms with Crippen LogP contribution >= 0.6 is 0 Å². The lowest BCUT2D eigenvalue weighted by Gasteiger charge is -1.98. The van der Waals surface area contributed by atoms with Gasteiger partial charge in [0.25, 0.3) is 0 Å². The number of aromatic nitrogens is 1. The van der Waals surface area contributed by atoms with Crippen LogP contribution in [0.5, 0.6) is 0 Å². The molecule has 0 spiro atoms. The lowest BCUT2D eigenvalue weighted by Crippen LogP contribution is -2.10. The van der Waals surface area contributed by atoms with E-state index in [1.807, 2.05) is 13.0 Å². The van der Waals surface area contributed by atoms with E-state index in [-0.39, 0.29) is 0 Å². The quantitative estimate of drug-likeness (QED) is 0.567. The number of nitrogens with one attached hydrogen (secondary N) is 1. The maximum absolute atomic E-state index is 11.3. The Bertz CT molecular complexity index is 601. The Kier molecular flexibility index (Phi) is 2.00. The van der Waals surface area contributed by atoms with Crippen molar-refractivity contribution in [1.82, 2.24) is 4.98 Å². The summed E-state index contributed by atoms with van der Waals surface area (Å²) in [5, 5.41) is 11.2. The van der Waals surface area contributed by atoms with Gasteiger partial charge in [-0.3, -0.25) is 14.9 Å². The number of hydrogen-bond donors (Lipinski definition) is 1. The van der Waals surface area contributed by atoms with Gasteiger partial charge in [0.15, 0.2) is 0 Å². The van der Waals surface area contributed by atoms with Crippen LogP contribution in [0, 0.1) is 17.0 Å². The summed E-state index contributed by atoms with van der Waals surface area (Å²) in [4.78, 5) is 23.6. The van der Waals surface area contributed by atoms with Crippen molar-refractivity contribution in [2.45, 2.75) is 6.92 Å². The standard InChI is InChI=1S/C10H8N2O3/c1-6-2-3-8-7(4-6)5-9(12(14)15)10(13)11-8/h2-5H,1H3,(H,11,13). The van der Waals surface area contributed by atoms with Crippen molar-refractivity contribution in [3.8, 4) is 0 Å². The predicted octanol–water partition coefficient (Wildman–Crippen LogP) is 1.74. The molecule has 0 radical (unpaired) electrons. The first-order valence-corrected chi connectivity index (χ1v) is 4.36. The molecule has 0 aliphatic carbocycles.